The Labute approximate surface area is 147 Å². The molecule has 3 aromatic rings. The minimum Gasteiger partial charge on any atom is -0.322 e. The summed E-state index contributed by atoms with van der Waals surface area (Å²) < 4.78 is 3.00. The first kappa shape index (κ1) is 15.0. The van der Waals surface area contributed by atoms with Crippen LogP contribution in [0.3, 0.4) is 0 Å². The Bertz CT molecular complexity index is 922. The largest absolute Gasteiger partial charge is 0.322 e. The number of amidine groups is 1. The molecule has 7 heteroatoms. The molecule has 1 aliphatic heterocycles. The number of fused-ring (bicyclic) bond motifs is 1. The van der Waals surface area contributed by atoms with Crippen LogP contribution in [0.25, 0.3) is 5.69 Å². The predicted molar refractivity (Wildman–Crippen MR) is 96.6 cm³/mol. The van der Waals surface area contributed by atoms with Crippen LogP contribution in [0, 0.1) is 13.8 Å². The van der Waals surface area contributed by atoms with Gasteiger partial charge in [-0.05, 0) is 43.2 Å². The van der Waals surface area contributed by atoms with E-state index < -0.39 is 0 Å². The maximum absolute atomic E-state index is 4.71. The summed E-state index contributed by atoms with van der Waals surface area (Å²) in [5, 5.41) is 7.99. The zero-order valence-electron chi connectivity index (χ0n) is 13.3. The van der Waals surface area contributed by atoms with Crippen molar-refractivity contribution in [3.8, 4) is 5.69 Å². The van der Waals surface area contributed by atoms with Gasteiger partial charge < -0.3 is 5.32 Å². The maximum atomic E-state index is 4.71. The van der Waals surface area contributed by atoms with Gasteiger partial charge in [-0.25, -0.2) is 14.6 Å². The highest BCUT2D eigenvalue weighted by Gasteiger charge is 2.19. The molecule has 0 saturated carbocycles. The van der Waals surface area contributed by atoms with Gasteiger partial charge in [0, 0.05) is 22.4 Å². The molecule has 2 aromatic heterocycles. The van der Waals surface area contributed by atoms with Crippen LogP contribution >= 0.6 is 15.9 Å². The molecule has 1 aliphatic rings. The van der Waals surface area contributed by atoms with Crippen LogP contribution < -0.4 is 5.32 Å². The molecular weight excluding hydrogens is 368 g/mol. The van der Waals surface area contributed by atoms with Crippen LogP contribution in [-0.2, 0) is 6.54 Å². The zero-order chi connectivity index (χ0) is 16.7. The lowest BCUT2D eigenvalue weighted by atomic mass is 10.1. The summed E-state index contributed by atoms with van der Waals surface area (Å²) in [5.74, 6) is 1.54. The van der Waals surface area contributed by atoms with Gasteiger partial charge in [-0.15, -0.1) is 5.10 Å². The standard InChI is InChI=1S/C17H15BrN6/c1-10-5-13(18)6-11(2)15(10)24-8-12-7-20-17(22-16(12)23-24)14-3-4-19-9-21-14/h3-6,8-9H,7H2,1-2H3,(H,20,22,23). The number of anilines is 1. The van der Waals surface area contributed by atoms with Gasteiger partial charge in [-0.2, -0.15) is 0 Å². The summed E-state index contributed by atoms with van der Waals surface area (Å²) in [4.78, 5) is 12.7. The predicted octanol–water partition coefficient (Wildman–Crippen LogP) is 3.41. The molecule has 0 amide bonds. The third kappa shape index (κ3) is 2.60. The first-order chi connectivity index (χ1) is 11.6. The van der Waals surface area contributed by atoms with Crippen LogP contribution in [-0.4, -0.2) is 25.6 Å². The van der Waals surface area contributed by atoms with Crippen molar-refractivity contribution in [1.82, 2.24) is 19.7 Å². The van der Waals surface area contributed by atoms with Crippen LogP contribution in [0.5, 0.6) is 0 Å². The summed E-state index contributed by atoms with van der Waals surface area (Å²) in [6.07, 6.45) is 5.25. The monoisotopic (exact) mass is 382 g/mol. The molecule has 0 spiro atoms. The topological polar surface area (TPSA) is 68.0 Å². The van der Waals surface area contributed by atoms with Crippen LogP contribution in [0.1, 0.15) is 22.4 Å². The Kier molecular flexibility index (Phi) is 3.65. The van der Waals surface area contributed by atoms with Crippen molar-refractivity contribution < 1.29 is 0 Å². The van der Waals surface area contributed by atoms with Crippen LogP contribution in [0.4, 0.5) is 5.82 Å². The molecule has 24 heavy (non-hydrogen) atoms. The number of aryl methyl sites for hydroxylation is 2. The second kappa shape index (κ2) is 5.83. The van der Waals surface area contributed by atoms with Gasteiger partial charge in [-0.3, -0.25) is 4.99 Å². The molecule has 3 heterocycles. The molecule has 0 fully saturated rings. The smallest absolute Gasteiger partial charge is 0.159 e. The second-order valence-corrected chi connectivity index (χ2v) is 6.64. The van der Waals surface area contributed by atoms with Crippen LogP contribution in [0.2, 0.25) is 0 Å². The first-order valence-electron chi connectivity index (χ1n) is 7.55. The molecule has 6 nitrogen and oxygen atoms in total. The summed E-state index contributed by atoms with van der Waals surface area (Å²) in [5.41, 5.74) is 5.26. The molecule has 120 valence electrons. The lowest BCUT2D eigenvalue weighted by molar-refractivity contribution is 0.868. The minimum atomic E-state index is 0.580. The normalized spacial score (nSPS) is 13.2. The number of benzene rings is 1. The van der Waals surface area contributed by atoms with E-state index in [1.165, 1.54) is 17.5 Å². The fraction of sp³-hybridized carbons (Fsp3) is 0.176. The number of aromatic nitrogens is 4. The van der Waals surface area contributed by atoms with E-state index in [4.69, 9.17) is 5.10 Å². The number of halogens is 1. The van der Waals surface area contributed by atoms with Gasteiger partial charge >= 0.3 is 0 Å². The number of nitrogens with one attached hydrogen (secondary N) is 1. The Morgan fingerprint density at radius 1 is 1.21 bits per heavy atom. The Hall–Kier alpha value is -2.54. The SMILES string of the molecule is Cc1cc(Br)cc(C)c1-n1cc2c(n1)NC(c1ccncn1)=NC2. The van der Waals surface area contributed by atoms with Gasteiger partial charge in [0.2, 0.25) is 0 Å². The van der Waals surface area contributed by atoms with Crippen molar-refractivity contribution in [2.24, 2.45) is 4.99 Å². The van der Waals surface area contributed by atoms with E-state index in [1.807, 2.05) is 16.9 Å². The number of hydrogen-bond donors (Lipinski definition) is 1. The number of aliphatic imine (C=N–C) groups is 1. The molecule has 4 rings (SSSR count). The van der Waals surface area contributed by atoms with E-state index in [0.717, 1.165) is 33.1 Å². The number of nitrogens with zero attached hydrogens (tertiary/aromatic N) is 5. The van der Waals surface area contributed by atoms with E-state index in [0.29, 0.717) is 6.54 Å². The van der Waals surface area contributed by atoms with E-state index in [2.05, 4.69) is 62.2 Å². The summed E-state index contributed by atoms with van der Waals surface area (Å²) >= 11 is 3.54. The lowest BCUT2D eigenvalue weighted by Gasteiger charge is -2.12. The number of rotatable bonds is 2. The van der Waals surface area contributed by atoms with Crippen LogP contribution in [0.15, 0.2) is 46.4 Å². The van der Waals surface area contributed by atoms with E-state index in [9.17, 15) is 0 Å². The molecular formula is C17H15BrN6. The van der Waals surface area contributed by atoms with Crippen molar-refractivity contribution in [1.29, 1.82) is 0 Å². The third-order valence-corrected chi connectivity index (χ3v) is 4.40. The quantitative estimate of drug-likeness (QED) is 0.737. The highest BCUT2D eigenvalue weighted by Crippen LogP contribution is 2.27. The molecule has 0 atom stereocenters. The second-order valence-electron chi connectivity index (χ2n) is 5.72. The Morgan fingerprint density at radius 3 is 2.71 bits per heavy atom. The molecule has 0 aliphatic carbocycles. The Morgan fingerprint density at radius 2 is 2.00 bits per heavy atom. The van der Waals surface area contributed by atoms with E-state index in [-0.39, 0.29) is 0 Å². The lowest BCUT2D eigenvalue weighted by Crippen LogP contribution is -2.20. The minimum absolute atomic E-state index is 0.580. The summed E-state index contributed by atoms with van der Waals surface area (Å²) in [6, 6.07) is 6.02. The van der Waals surface area contributed by atoms with Crippen molar-refractivity contribution in [3.63, 3.8) is 0 Å². The fourth-order valence-electron chi connectivity index (χ4n) is 2.90. The van der Waals surface area contributed by atoms with Gasteiger partial charge in [0.05, 0.1) is 12.2 Å². The number of hydrogen-bond acceptors (Lipinski definition) is 5. The fourth-order valence-corrected chi connectivity index (χ4v) is 3.59. The molecule has 0 radical (unpaired) electrons. The third-order valence-electron chi connectivity index (χ3n) is 3.94. The van der Waals surface area contributed by atoms with Crippen molar-refractivity contribution in [2.75, 3.05) is 5.32 Å². The summed E-state index contributed by atoms with van der Waals surface area (Å²) in [7, 11) is 0. The van der Waals surface area contributed by atoms with Gasteiger partial charge in [-0.1, -0.05) is 15.9 Å². The average Bonchev–Trinajstić information content (AvgIpc) is 2.97. The molecule has 0 bridgehead atoms. The van der Waals surface area contributed by atoms with Crippen molar-refractivity contribution in [2.45, 2.75) is 20.4 Å². The zero-order valence-corrected chi connectivity index (χ0v) is 14.9. The van der Waals surface area contributed by atoms with E-state index >= 15 is 0 Å². The van der Waals surface area contributed by atoms with E-state index in [1.54, 1.807) is 6.20 Å². The van der Waals surface area contributed by atoms with Gasteiger partial charge in [0.1, 0.15) is 12.0 Å². The Balaban J connectivity index is 1.70. The average molecular weight is 383 g/mol. The molecule has 0 unspecified atom stereocenters. The first-order valence-corrected chi connectivity index (χ1v) is 8.34. The van der Waals surface area contributed by atoms with Crippen molar-refractivity contribution >= 4 is 27.6 Å². The van der Waals surface area contributed by atoms with Crippen molar-refractivity contribution in [3.05, 3.63) is 63.8 Å². The molecule has 1 N–H and O–H groups in total. The molecule has 0 saturated heterocycles. The van der Waals surface area contributed by atoms with Gasteiger partial charge in [0.25, 0.3) is 0 Å². The highest BCUT2D eigenvalue weighted by atomic mass is 79.9. The molecule has 1 aromatic carbocycles. The summed E-state index contributed by atoms with van der Waals surface area (Å²) in [6.45, 7) is 4.75. The van der Waals surface area contributed by atoms with Gasteiger partial charge in [0.15, 0.2) is 11.7 Å². The maximum Gasteiger partial charge on any atom is 0.159 e. The highest BCUT2D eigenvalue weighted by molar-refractivity contribution is 9.10.